The number of nitrogens with zero attached hydrogens (tertiary/aromatic N) is 1. The first-order valence-corrected chi connectivity index (χ1v) is 7.32. The molecule has 0 saturated carbocycles. The normalized spacial score (nSPS) is 12.4. The number of benzene rings is 1. The lowest BCUT2D eigenvalue weighted by Gasteiger charge is -2.17. The van der Waals surface area contributed by atoms with Crippen LogP contribution in [0, 0.1) is 13.7 Å². The number of hydrogen-bond acceptors (Lipinski definition) is 3. The van der Waals surface area contributed by atoms with Gasteiger partial charge in [0.05, 0.1) is 4.92 Å². The summed E-state index contributed by atoms with van der Waals surface area (Å²) in [7, 11) is 0. The third-order valence-corrected chi connectivity index (χ3v) is 3.51. The summed E-state index contributed by atoms with van der Waals surface area (Å²) in [4.78, 5) is 10.8. The van der Waals surface area contributed by atoms with Gasteiger partial charge in [-0.15, -0.1) is 0 Å². The highest BCUT2D eigenvalue weighted by molar-refractivity contribution is 14.1. The molecule has 1 atom stereocenters. The highest BCUT2D eigenvalue weighted by Gasteiger charge is 2.17. The van der Waals surface area contributed by atoms with Crippen molar-refractivity contribution >= 4 is 28.3 Å². The summed E-state index contributed by atoms with van der Waals surface area (Å²) in [6, 6.07) is 5.77. The summed E-state index contributed by atoms with van der Waals surface area (Å²) in [5.41, 5.74) is 1.06. The van der Waals surface area contributed by atoms with Crippen LogP contribution in [-0.4, -0.2) is 17.5 Å². The van der Waals surface area contributed by atoms with Crippen LogP contribution in [0.25, 0.3) is 0 Å². The lowest BCUT2D eigenvalue weighted by atomic mass is 10.0. The van der Waals surface area contributed by atoms with Crippen LogP contribution in [0.3, 0.4) is 0 Å². The van der Waals surface area contributed by atoms with Crippen LogP contribution in [0.15, 0.2) is 18.2 Å². The fourth-order valence-electron chi connectivity index (χ4n) is 2.06. The van der Waals surface area contributed by atoms with Crippen LogP contribution in [0.4, 0.5) is 5.69 Å². The second kappa shape index (κ2) is 7.68. The van der Waals surface area contributed by atoms with Crippen LogP contribution < -0.4 is 5.32 Å². The molecule has 1 rings (SSSR count). The van der Waals surface area contributed by atoms with Gasteiger partial charge in [-0.25, -0.2) is 0 Å². The van der Waals surface area contributed by atoms with E-state index in [1.807, 2.05) is 12.1 Å². The van der Waals surface area contributed by atoms with Crippen LogP contribution in [0.1, 0.15) is 32.3 Å². The van der Waals surface area contributed by atoms with E-state index in [0.29, 0.717) is 6.04 Å². The fourth-order valence-corrected chi connectivity index (χ4v) is 2.53. The number of likely N-dealkylation sites (N-methyl/N-ethyl adjacent to an activating group) is 1. The second-order valence-corrected chi connectivity index (χ2v) is 5.52. The molecule has 0 aromatic heterocycles. The molecule has 0 heterocycles. The van der Waals surface area contributed by atoms with Gasteiger partial charge >= 0.3 is 0 Å². The Labute approximate surface area is 121 Å². The summed E-state index contributed by atoms with van der Waals surface area (Å²) in [5.74, 6) is 0. The summed E-state index contributed by atoms with van der Waals surface area (Å²) < 4.78 is 0.901. The van der Waals surface area contributed by atoms with E-state index in [0.717, 1.165) is 34.9 Å². The second-order valence-electron chi connectivity index (χ2n) is 4.28. The number of rotatable bonds is 7. The Morgan fingerprint density at radius 3 is 2.72 bits per heavy atom. The van der Waals surface area contributed by atoms with E-state index in [4.69, 9.17) is 0 Å². The first-order valence-electron chi connectivity index (χ1n) is 6.24. The molecule has 4 nitrogen and oxygen atoms in total. The molecule has 0 fully saturated rings. The molecule has 0 aliphatic rings. The highest BCUT2D eigenvalue weighted by Crippen LogP contribution is 2.23. The van der Waals surface area contributed by atoms with Gasteiger partial charge in [-0.1, -0.05) is 26.3 Å². The third-order valence-electron chi connectivity index (χ3n) is 2.84. The number of nitro benzene ring substituents is 1. The average molecular weight is 362 g/mol. The van der Waals surface area contributed by atoms with E-state index < -0.39 is 0 Å². The van der Waals surface area contributed by atoms with Gasteiger partial charge in [0.25, 0.3) is 5.69 Å². The van der Waals surface area contributed by atoms with Crippen LogP contribution in [0.2, 0.25) is 0 Å². The molecular weight excluding hydrogens is 343 g/mol. The van der Waals surface area contributed by atoms with Crippen LogP contribution in [-0.2, 0) is 6.42 Å². The van der Waals surface area contributed by atoms with E-state index in [-0.39, 0.29) is 10.6 Å². The fraction of sp³-hybridized carbons (Fsp3) is 0.538. The van der Waals surface area contributed by atoms with E-state index in [1.165, 1.54) is 0 Å². The van der Waals surface area contributed by atoms with Gasteiger partial charge in [0.2, 0.25) is 0 Å². The molecule has 18 heavy (non-hydrogen) atoms. The number of nitrogens with one attached hydrogen (secondary N) is 1. The molecule has 0 aliphatic carbocycles. The van der Waals surface area contributed by atoms with Crippen molar-refractivity contribution in [2.45, 2.75) is 39.2 Å². The number of halogens is 1. The molecule has 1 N–H and O–H groups in total. The Bertz CT molecular complexity index is 404. The standard InChI is InChI=1S/C13H19IN2O2/c1-3-5-12(15-4-2)8-10-6-7-11(14)9-13(10)16(17)18/h6-7,9,12,15H,3-5,8H2,1-2H3. The van der Waals surface area contributed by atoms with E-state index in [1.54, 1.807) is 6.07 Å². The largest absolute Gasteiger partial charge is 0.314 e. The first kappa shape index (κ1) is 15.4. The molecule has 0 aliphatic heterocycles. The average Bonchev–Trinajstić information content (AvgIpc) is 2.32. The maximum Gasteiger partial charge on any atom is 0.273 e. The Morgan fingerprint density at radius 1 is 1.44 bits per heavy atom. The summed E-state index contributed by atoms with van der Waals surface area (Å²) in [6.07, 6.45) is 2.84. The number of hydrogen-bond donors (Lipinski definition) is 1. The summed E-state index contributed by atoms with van der Waals surface area (Å²) >= 11 is 2.10. The van der Waals surface area contributed by atoms with Gasteiger partial charge in [-0.2, -0.15) is 0 Å². The van der Waals surface area contributed by atoms with Crippen molar-refractivity contribution in [1.29, 1.82) is 0 Å². The maximum absolute atomic E-state index is 11.1. The van der Waals surface area contributed by atoms with Crippen molar-refractivity contribution in [2.75, 3.05) is 6.54 Å². The molecule has 1 aromatic rings. The van der Waals surface area contributed by atoms with Crippen molar-refractivity contribution in [3.8, 4) is 0 Å². The Morgan fingerprint density at radius 2 is 2.17 bits per heavy atom. The van der Waals surface area contributed by atoms with E-state index in [2.05, 4.69) is 41.8 Å². The first-order chi connectivity index (χ1) is 8.58. The maximum atomic E-state index is 11.1. The van der Waals surface area contributed by atoms with Crippen molar-refractivity contribution in [3.63, 3.8) is 0 Å². The van der Waals surface area contributed by atoms with Gasteiger partial charge in [-0.3, -0.25) is 10.1 Å². The quantitative estimate of drug-likeness (QED) is 0.459. The highest BCUT2D eigenvalue weighted by atomic mass is 127. The Hall–Kier alpha value is -0.690. The Balaban J connectivity index is 2.90. The lowest BCUT2D eigenvalue weighted by molar-refractivity contribution is -0.385. The van der Waals surface area contributed by atoms with Gasteiger partial charge < -0.3 is 5.32 Å². The minimum absolute atomic E-state index is 0.237. The molecule has 0 radical (unpaired) electrons. The van der Waals surface area contributed by atoms with Gasteiger partial charge in [0.1, 0.15) is 0 Å². The van der Waals surface area contributed by atoms with Crippen molar-refractivity contribution in [2.24, 2.45) is 0 Å². The van der Waals surface area contributed by atoms with Gasteiger partial charge in [0.15, 0.2) is 0 Å². The molecule has 0 amide bonds. The predicted octanol–water partition coefficient (Wildman–Crippen LogP) is 3.52. The molecule has 0 bridgehead atoms. The molecule has 100 valence electrons. The van der Waals surface area contributed by atoms with Crippen molar-refractivity contribution < 1.29 is 4.92 Å². The zero-order valence-corrected chi connectivity index (χ0v) is 12.9. The number of nitro groups is 1. The minimum atomic E-state index is -0.285. The summed E-state index contributed by atoms with van der Waals surface area (Å²) in [5, 5.41) is 14.4. The van der Waals surface area contributed by atoms with Crippen molar-refractivity contribution in [1.82, 2.24) is 5.32 Å². The lowest BCUT2D eigenvalue weighted by Crippen LogP contribution is -2.31. The van der Waals surface area contributed by atoms with E-state index >= 15 is 0 Å². The molecular formula is C13H19IN2O2. The Kier molecular flexibility index (Phi) is 6.56. The topological polar surface area (TPSA) is 55.2 Å². The van der Waals surface area contributed by atoms with Gasteiger partial charge in [-0.05, 0) is 48.0 Å². The molecule has 1 unspecified atom stereocenters. The third kappa shape index (κ3) is 4.53. The van der Waals surface area contributed by atoms with Gasteiger partial charge in [0, 0.05) is 21.2 Å². The zero-order valence-electron chi connectivity index (χ0n) is 10.8. The SMILES string of the molecule is CCCC(Cc1ccc(I)cc1[N+](=O)[O-])NCC. The minimum Gasteiger partial charge on any atom is -0.314 e. The molecule has 0 saturated heterocycles. The van der Waals surface area contributed by atoms with E-state index in [9.17, 15) is 10.1 Å². The smallest absolute Gasteiger partial charge is 0.273 e. The molecule has 1 aromatic carbocycles. The van der Waals surface area contributed by atoms with Crippen LogP contribution >= 0.6 is 22.6 Å². The van der Waals surface area contributed by atoms with Crippen LogP contribution in [0.5, 0.6) is 0 Å². The monoisotopic (exact) mass is 362 g/mol. The predicted molar refractivity (Wildman–Crippen MR) is 81.9 cm³/mol. The summed E-state index contributed by atoms with van der Waals surface area (Å²) in [6.45, 7) is 5.08. The van der Waals surface area contributed by atoms with Crippen molar-refractivity contribution in [3.05, 3.63) is 37.4 Å². The molecule has 0 spiro atoms. The zero-order chi connectivity index (χ0) is 13.5. The molecule has 5 heteroatoms.